The Morgan fingerprint density at radius 3 is 2.75 bits per heavy atom. The fraction of sp³-hybridized carbons (Fsp3) is 0.190. The lowest BCUT2D eigenvalue weighted by atomic mass is 10.1. The van der Waals surface area contributed by atoms with Crippen LogP contribution in [-0.2, 0) is 13.0 Å². The maximum Gasteiger partial charge on any atom is 0.296 e. The van der Waals surface area contributed by atoms with Crippen LogP contribution in [0.25, 0.3) is 11.0 Å². The van der Waals surface area contributed by atoms with E-state index in [1.165, 1.54) is 5.56 Å². The molecular weight excluding hydrogens is 376 g/mol. The Morgan fingerprint density at radius 1 is 1.18 bits per heavy atom. The monoisotopic (exact) mass is 394 g/mol. The molecule has 28 heavy (non-hydrogen) atoms. The molecule has 7 heteroatoms. The largest absolute Gasteiger partial charge is 0.351 e. The Morgan fingerprint density at radius 2 is 2.00 bits per heavy atom. The normalized spacial score (nSPS) is 11.1. The highest BCUT2D eigenvalue weighted by Gasteiger charge is 2.17. The summed E-state index contributed by atoms with van der Waals surface area (Å²) in [7, 11) is 0. The number of nitrogens with one attached hydrogen (secondary N) is 1. The van der Waals surface area contributed by atoms with Gasteiger partial charge in [0.1, 0.15) is 0 Å². The number of fused-ring (bicyclic) bond motifs is 1. The highest BCUT2D eigenvalue weighted by Crippen LogP contribution is 2.24. The van der Waals surface area contributed by atoms with E-state index in [4.69, 9.17) is 16.1 Å². The molecule has 0 fully saturated rings. The van der Waals surface area contributed by atoms with Crippen LogP contribution in [-0.4, -0.2) is 20.6 Å². The summed E-state index contributed by atoms with van der Waals surface area (Å²) in [4.78, 5) is 17.1. The number of aryl methyl sites for hydroxylation is 3. The molecule has 2 aromatic heterocycles. The van der Waals surface area contributed by atoms with Crippen LogP contribution in [0.2, 0.25) is 5.02 Å². The van der Waals surface area contributed by atoms with Crippen LogP contribution >= 0.6 is 11.6 Å². The second-order valence-electron chi connectivity index (χ2n) is 6.60. The molecule has 6 nitrogen and oxygen atoms in total. The number of benzene rings is 2. The summed E-state index contributed by atoms with van der Waals surface area (Å²) in [6.07, 6.45) is 1.84. The van der Waals surface area contributed by atoms with Crippen molar-refractivity contribution in [3.05, 3.63) is 76.6 Å². The smallest absolute Gasteiger partial charge is 0.296 e. The summed E-state index contributed by atoms with van der Waals surface area (Å²) in [5.41, 5.74) is 3.57. The third kappa shape index (κ3) is 3.92. The third-order valence-corrected chi connectivity index (χ3v) is 4.71. The number of carbonyl (C=O) groups is 1. The van der Waals surface area contributed by atoms with Crippen LogP contribution < -0.4 is 5.32 Å². The van der Waals surface area contributed by atoms with Crippen molar-refractivity contribution in [2.45, 2.75) is 26.3 Å². The first-order chi connectivity index (χ1) is 13.6. The van der Waals surface area contributed by atoms with E-state index in [2.05, 4.69) is 27.6 Å². The minimum atomic E-state index is -0.383. The Labute approximate surface area is 167 Å². The van der Waals surface area contributed by atoms with Crippen molar-refractivity contribution in [2.75, 3.05) is 5.32 Å². The quantitative estimate of drug-likeness (QED) is 0.506. The van der Waals surface area contributed by atoms with Gasteiger partial charge < -0.3 is 9.09 Å². The van der Waals surface area contributed by atoms with Crippen molar-refractivity contribution in [1.29, 1.82) is 0 Å². The summed E-state index contributed by atoms with van der Waals surface area (Å²) in [6, 6.07) is 17.4. The second kappa shape index (κ2) is 7.86. The van der Waals surface area contributed by atoms with Gasteiger partial charge in [-0.05, 0) is 43.5 Å². The summed E-state index contributed by atoms with van der Waals surface area (Å²) in [5.74, 6) is 0.231. The number of nitrogens with zero attached hydrogens (tertiary/aromatic N) is 3. The van der Waals surface area contributed by atoms with Crippen molar-refractivity contribution in [3.8, 4) is 0 Å². The van der Waals surface area contributed by atoms with Crippen molar-refractivity contribution in [2.24, 2.45) is 0 Å². The number of anilines is 1. The van der Waals surface area contributed by atoms with Gasteiger partial charge in [-0.25, -0.2) is 4.98 Å². The van der Waals surface area contributed by atoms with E-state index < -0.39 is 0 Å². The molecule has 0 saturated carbocycles. The molecule has 1 N–H and O–H groups in total. The van der Waals surface area contributed by atoms with Crippen LogP contribution in [0.4, 0.5) is 5.95 Å². The van der Waals surface area contributed by atoms with Gasteiger partial charge in [-0.15, -0.1) is 0 Å². The number of carbonyl (C=O) groups excluding carboxylic acids is 1. The van der Waals surface area contributed by atoms with E-state index in [0.717, 1.165) is 23.9 Å². The standard InChI is InChI=1S/C21H19ClN4O2/c1-14-12-19(28-25-14)20(27)24-21-23-17-13-16(22)9-10-18(17)26(21)11-5-8-15-6-3-2-4-7-15/h2-4,6-7,9-10,12-13H,5,8,11H2,1H3,(H,23,24,27). The van der Waals surface area contributed by atoms with Gasteiger partial charge in [-0.3, -0.25) is 10.1 Å². The highest BCUT2D eigenvalue weighted by molar-refractivity contribution is 6.31. The van der Waals surface area contributed by atoms with Gasteiger partial charge in [-0.2, -0.15) is 0 Å². The predicted molar refractivity (Wildman–Crippen MR) is 109 cm³/mol. The van der Waals surface area contributed by atoms with E-state index in [9.17, 15) is 4.79 Å². The molecule has 1 amide bonds. The number of rotatable bonds is 6. The number of aromatic nitrogens is 3. The highest BCUT2D eigenvalue weighted by atomic mass is 35.5. The Kier molecular flexibility index (Phi) is 5.12. The van der Waals surface area contributed by atoms with Gasteiger partial charge in [0, 0.05) is 17.6 Å². The van der Waals surface area contributed by atoms with Crippen molar-refractivity contribution >= 4 is 34.5 Å². The van der Waals surface area contributed by atoms with Gasteiger partial charge in [0.25, 0.3) is 5.91 Å². The topological polar surface area (TPSA) is 73.0 Å². The summed E-state index contributed by atoms with van der Waals surface area (Å²) >= 11 is 6.11. The number of hydrogen-bond acceptors (Lipinski definition) is 4. The third-order valence-electron chi connectivity index (χ3n) is 4.48. The van der Waals surface area contributed by atoms with Crippen LogP contribution in [0.5, 0.6) is 0 Å². The average molecular weight is 395 g/mol. The van der Waals surface area contributed by atoms with E-state index >= 15 is 0 Å². The zero-order chi connectivity index (χ0) is 19.5. The molecule has 142 valence electrons. The van der Waals surface area contributed by atoms with Crippen molar-refractivity contribution in [3.63, 3.8) is 0 Å². The molecule has 0 aliphatic carbocycles. The van der Waals surface area contributed by atoms with E-state index in [-0.39, 0.29) is 11.7 Å². The Balaban J connectivity index is 1.59. The maximum atomic E-state index is 12.5. The zero-order valence-corrected chi connectivity index (χ0v) is 16.1. The molecule has 2 heterocycles. The molecule has 4 aromatic rings. The van der Waals surface area contributed by atoms with Crippen LogP contribution in [0.1, 0.15) is 28.2 Å². The molecule has 0 unspecified atom stereocenters. The molecule has 4 rings (SSSR count). The first kappa shape index (κ1) is 18.3. The number of amides is 1. The Bertz CT molecular complexity index is 1120. The first-order valence-corrected chi connectivity index (χ1v) is 9.42. The molecule has 0 spiro atoms. The fourth-order valence-electron chi connectivity index (χ4n) is 3.14. The molecule has 0 radical (unpaired) electrons. The Hall–Kier alpha value is -3.12. The number of halogens is 1. The van der Waals surface area contributed by atoms with E-state index in [1.54, 1.807) is 19.1 Å². The number of hydrogen-bond donors (Lipinski definition) is 1. The van der Waals surface area contributed by atoms with Crippen molar-refractivity contribution in [1.82, 2.24) is 14.7 Å². The summed E-state index contributed by atoms with van der Waals surface area (Å²) in [6.45, 7) is 2.47. The fourth-order valence-corrected chi connectivity index (χ4v) is 3.31. The maximum absolute atomic E-state index is 12.5. The van der Waals surface area contributed by atoms with Crippen LogP contribution in [0.15, 0.2) is 59.1 Å². The average Bonchev–Trinajstić information content (AvgIpc) is 3.26. The summed E-state index contributed by atoms with van der Waals surface area (Å²) in [5, 5.41) is 7.19. The number of imidazole rings is 1. The van der Waals surface area contributed by atoms with Gasteiger partial charge in [0.15, 0.2) is 0 Å². The van der Waals surface area contributed by atoms with Gasteiger partial charge >= 0.3 is 0 Å². The summed E-state index contributed by atoms with van der Waals surface area (Å²) < 4.78 is 7.05. The molecule has 0 atom stereocenters. The molecule has 0 aliphatic rings. The van der Waals surface area contributed by atoms with E-state index in [1.807, 2.05) is 34.9 Å². The lowest BCUT2D eigenvalue weighted by molar-refractivity contribution is 0.0986. The lowest BCUT2D eigenvalue weighted by Crippen LogP contribution is -2.15. The molecule has 0 aliphatic heterocycles. The molecule has 0 bridgehead atoms. The lowest BCUT2D eigenvalue weighted by Gasteiger charge is -2.09. The minimum Gasteiger partial charge on any atom is -0.351 e. The van der Waals surface area contributed by atoms with Gasteiger partial charge in [-0.1, -0.05) is 47.1 Å². The predicted octanol–water partition coefficient (Wildman–Crippen LogP) is 4.87. The molecule has 0 saturated heterocycles. The van der Waals surface area contributed by atoms with Gasteiger partial charge in [0.05, 0.1) is 16.7 Å². The van der Waals surface area contributed by atoms with Crippen LogP contribution in [0.3, 0.4) is 0 Å². The molecule has 2 aromatic carbocycles. The van der Waals surface area contributed by atoms with Gasteiger partial charge in [0.2, 0.25) is 11.7 Å². The minimum absolute atomic E-state index is 0.151. The van der Waals surface area contributed by atoms with Crippen LogP contribution in [0, 0.1) is 6.92 Å². The SMILES string of the molecule is Cc1cc(C(=O)Nc2nc3cc(Cl)ccc3n2CCCc2ccccc2)on1. The zero-order valence-electron chi connectivity index (χ0n) is 15.4. The van der Waals surface area contributed by atoms with E-state index in [0.29, 0.717) is 23.2 Å². The second-order valence-corrected chi connectivity index (χ2v) is 7.03. The molecular formula is C21H19ClN4O2. The first-order valence-electron chi connectivity index (χ1n) is 9.04. The van der Waals surface area contributed by atoms with Crippen molar-refractivity contribution < 1.29 is 9.32 Å².